The van der Waals surface area contributed by atoms with Gasteiger partial charge in [0.15, 0.2) is 0 Å². The van der Waals surface area contributed by atoms with Gasteiger partial charge in [-0.15, -0.1) is 0 Å². The molecule has 3 nitrogen and oxygen atoms in total. The van der Waals surface area contributed by atoms with Gasteiger partial charge in [-0.3, -0.25) is 4.98 Å². The third-order valence-electron chi connectivity index (χ3n) is 4.00. The Balaban J connectivity index is 1.65. The topological polar surface area (TPSA) is 45.1 Å². The number of nitrogens with zero attached hydrogens (tertiary/aromatic N) is 1. The van der Waals surface area contributed by atoms with Crippen LogP contribution in [0.5, 0.6) is 0 Å². The average Bonchev–Trinajstić information content (AvgIpc) is 2.85. The fourth-order valence-corrected chi connectivity index (χ4v) is 2.94. The van der Waals surface area contributed by atoms with Crippen LogP contribution < -0.4 is 5.32 Å². The summed E-state index contributed by atoms with van der Waals surface area (Å²) in [5.74, 6) is 0. The lowest BCUT2D eigenvalue weighted by Crippen LogP contribution is -2.36. The maximum Gasteiger partial charge on any atom is 0.0734 e. The van der Waals surface area contributed by atoms with Gasteiger partial charge in [-0.2, -0.15) is 0 Å². The number of hydrogen-bond acceptors (Lipinski definition) is 3. The summed E-state index contributed by atoms with van der Waals surface area (Å²) in [6, 6.07) is 10.7. The molecule has 3 rings (SSSR count). The molecule has 2 N–H and O–H groups in total. The number of benzene rings is 1. The van der Waals surface area contributed by atoms with Gasteiger partial charge in [0.1, 0.15) is 0 Å². The minimum atomic E-state index is -0.161. The molecule has 1 heterocycles. The zero-order valence-corrected chi connectivity index (χ0v) is 11.0. The SMILES string of the molecule is O[C@H]1CCC[C@@H]1NCCc1cccc2cccnc12. The van der Waals surface area contributed by atoms with Crippen molar-refractivity contribution in [1.82, 2.24) is 10.3 Å². The largest absolute Gasteiger partial charge is 0.392 e. The Morgan fingerprint density at radius 2 is 2.11 bits per heavy atom. The van der Waals surface area contributed by atoms with E-state index in [0.29, 0.717) is 0 Å². The molecule has 0 radical (unpaired) electrons. The number of nitrogens with one attached hydrogen (secondary N) is 1. The van der Waals surface area contributed by atoms with Crippen molar-refractivity contribution in [3.8, 4) is 0 Å². The van der Waals surface area contributed by atoms with Crippen molar-refractivity contribution >= 4 is 10.9 Å². The quantitative estimate of drug-likeness (QED) is 0.882. The summed E-state index contributed by atoms with van der Waals surface area (Å²) in [4.78, 5) is 4.47. The Morgan fingerprint density at radius 3 is 2.95 bits per heavy atom. The molecule has 0 spiro atoms. The van der Waals surface area contributed by atoms with Gasteiger partial charge in [0.05, 0.1) is 11.6 Å². The van der Waals surface area contributed by atoms with Crippen LogP contribution in [0, 0.1) is 0 Å². The molecule has 19 heavy (non-hydrogen) atoms. The Kier molecular flexibility index (Phi) is 3.76. The number of fused-ring (bicyclic) bond motifs is 1. The number of aliphatic hydroxyl groups excluding tert-OH is 1. The van der Waals surface area contributed by atoms with Crippen LogP contribution in [0.25, 0.3) is 10.9 Å². The molecule has 0 unspecified atom stereocenters. The number of aromatic nitrogens is 1. The van der Waals surface area contributed by atoms with Crippen molar-refractivity contribution in [2.75, 3.05) is 6.54 Å². The van der Waals surface area contributed by atoms with Gasteiger partial charge < -0.3 is 10.4 Å². The van der Waals surface area contributed by atoms with Crippen LogP contribution in [0.1, 0.15) is 24.8 Å². The first-order chi connectivity index (χ1) is 9.34. The molecule has 1 aliphatic carbocycles. The molecule has 1 aromatic carbocycles. The van der Waals surface area contributed by atoms with E-state index in [1.165, 1.54) is 10.9 Å². The van der Waals surface area contributed by atoms with Gasteiger partial charge in [0.25, 0.3) is 0 Å². The highest BCUT2D eigenvalue weighted by Gasteiger charge is 2.24. The van der Waals surface area contributed by atoms with E-state index in [0.717, 1.165) is 37.7 Å². The Bertz CT molecular complexity index is 550. The van der Waals surface area contributed by atoms with E-state index in [-0.39, 0.29) is 12.1 Å². The molecule has 2 aromatic rings. The first-order valence-corrected chi connectivity index (χ1v) is 7.08. The molecular formula is C16H20N2O. The van der Waals surface area contributed by atoms with Crippen LogP contribution in [0.3, 0.4) is 0 Å². The van der Waals surface area contributed by atoms with Crippen molar-refractivity contribution in [2.45, 2.75) is 37.8 Å². The van der Waals surface area contributed by atoms with E-state index in [9.17, 15) is 5.11 Å². The number of rotatable bonds is 4. The average molecular weight is 256 g/mol. The molecule has 1 aliphatic rings. The zero-order chi connectivity index (χ0) is 13.1. The summed E-state index contributed by atoms with van der Waals surface area (Å²) in [5, 5.41) is 14.4. The second-order valence-corrected chi connectivity index (χ2v) is 5.30. The van der Waals surface area contributed by atoms with Crippen molar-refractivity contribution in [3.05, 3.63) is 42.1 Å². The van der Waals surface area contributed by atoms with E-state index in [1.807, 2.05) is 12.3 Å². The van der Waals surface area contributed by atoms with Gasteiger partial charge in [0, 0.05) is 17.6 Å². The van der Waals surface area contributed by atoms with E-state index in [1.54, 1.807) is 0 Å². The summed E-state index contributed by atoms with van der Waals surface area (Å²) >= 11 is 0. The zero-order valence-electron chi connectivity index (χ0n) is 11.0. The van der Waals surface area contributed by atoms with Crippen LogP contribution in [0.2, 0.25) is 0 Å². The first kappa shape index (κ1) is 12.6. The highest BCUT2D eigenvalue weighted by Crippen LogP contribution is 2.19. The Morgan fingerprint density at radius 1 is 1.21 bits per heavy atom. The second kappa shape index (κ2) is 5.68. The van der Waals surface area contributed by atoms with Gasteiger partial charge in [-0.1, -0.05) is 24.3 Å². The molecule has 3 heteroatoms. The van der Waals surface area contributed by atoms with Crippen molar-refractivity contribution in [1.29, 1.82) is 0 Å². The highest BCUT2D eigenvalue weighted by atomic mass is 16.3. The van der Waals surface area contributed by atoms with Gasteiger partial charge in [-0.25, -0.2) is 0 Å². The minimum Gasteiger partial charge on any atom is -0.392 e. The fourth-order valence-electron chi connectivity index (χ4n) is 2.94. The molecule has 100 valence electrons. The monoisotopic (exact) mass is 256 g/mol. The smallest absolute Gasteiger partial charge is 0.0734 e. The van der Waals surface area contributed by atoms with Crippen LogP contribution in [-0.2, 0) is 6.42 Å². The van der Waals surface area contributed by atoms with E-state index in [2.05, 4.69) is 34.6 Å². The van der Waals surface area contributed by atoms with E-state index >= 15 is 0 Å². The van der Waals surface area contributed by atoms with Crippen LogP contribution in [-0.4, -0.2) is 28.8 Å². The first-order valence-electron chi connectivity index (χ1n) is 7.08. The van der Waals surface area contributed by atoms with E-state index < -0.39 is 0 Å². The van der Waals surface area contributed by atoms with Gasteiger partial charge in [-0.05, 0) is 43.9 Å². The number of aliphatic hydroxyl groups is 1. The summed E-state index contributed by atoms with van der Waals surface area (Å²) in [5.41, 5.74) is 2.37. The summed E-state index contributed by atoms with van der Waals surface area (Å²) in [6.45, 7) is 0.900. The van der Waals surface area contributed by atoms with E-state index in [4.69, 9.17) is 0 Å². The number of pyridine rings is 1. The second-order valence-electron chi connectivity index (χ2n) is 5.30. The van der Waals surface area contributed by atoms with Crippen LogP contribution in [0.4, 0.5) is 0 Å². The lowest BCUT2D eigenvalue weighted by Gasteiger charge is -2.16. The predicted octanol–water partition coefficient (Wildman–Crippen LogP) is 2.28. The molecule has 2 atom stereocenters. The number of para-hydroxylation sites is 1. The Hall–Kier alpha value is -1.45. The minimum absolute atomic E-state index is 0.161. The predicted molar refractivity (Wildman–Crippen MR) is 77.1 cm³/mol. The molecule has 0 amide bonds. The molecule has 1 fully saturated rings. The molecule has 1 saturated carbocycles. The van der Waals surface area contributed by atoms with Gasteiger partial charge in [0.2, 0.25) is 0 Å². The van der Waals surface area contributed by atoms with Crippen LogP contribution >= 0.6 is 0 Å². The molecule has 1 aromatic heterocycles. The summed E-state index contributed by atoms with van der Waals surface area (Å²) in [7, 11) is 0. The lowest BCUT2D eigenvalue weighted by atomic mass is 10.1. The fraction of sp³-hybridized carbons (Fsp3) is 0.438. The molecule has 0 saturated heterocycles. The number of hydrogen-bond donors (Lipinski definition) is 2. The standard InChI is InChI=1S/C16H20N2O/c19-15-8-2-7-14(15)17-11-9-13-5-1-4-12-6-3-10-18-16(12)13/h1,3-6,10,14-15,17,19H,2,7-9,11H2/t14-,15-/m0/s1. The maximum absolute atomic E-state index is 9.78. The highest BCUT2D eigenvalue weighted by molar-refractivity contribution is 5.81. The maximum atomic E-state index is 9.78. The van der Waals surface area contributed by atoms with Crippen molar-refractivity contribution in [2.24, 2.45) is 0 Å². The lowest BCUT2D eigenvalue weighted by molar-refractivity contribution is 0.149. The van der Waals surface area contributed by atoms with Crippen molar-refractivity contribution in [3.63, 3.8) is 0 Å². The molecule has 0 bridgehead atoms. The normalized spacial score (nSPS) is 23.0. The summed E-state index contributed by atoms with van der Waals surface area (Å²) < 4.78 is 0. The molecular weight excluding hydrogens is 236 g/mol. The third-order valence-corrected chi connectivity index (χ3v) is 4.00. The third kappa shape index (κ3) is 2.77. The van der Waals surface area contributed by atoms with Crippen molar-refractivity contribution < 1.29 is 5.11 Å². The van der Waals surface area contributed by atoms with Crippen LogP contribution in [0.15, 0.2) is 36.5 Å². The molecule has 0 aliphatic heterocycles. The summed E-state index contributed by atoms with van der Waals surface area (Å²) in [6.07, 6.45) is 5.81. The Labute approximate surface area is 113 Å². The van der Waals surface area contributed by atoms with Gasteiger partial charge >= 0.3 is 0 Å².